The van der Waals surface area contributed by atoms with Gasteiger partial charge in [-0.05, 0) is 43.2 Å². The molecule has 1 fully saturated rings. The van der Waals surface area contributed by atoms with Gasteiger partial charge < -0.3 is 10.1 Å². The van der Waals surface area contributed by atoms with Crippen molar-refractivity contribution in [2.24, 2.45) is 0 Å². The van der Waals surface area contributed by atoms with Crippen LogP contribution in [0.5, 0.6) is 0 Å². The quantitative estimate of drug-likeness (QED) is 0.733. The lowest BCUT2D eigenvalue weighted by atomic mass is 10.1. The van der Waals surface area contributed by atoms with Gasteiger partial charge in [-0.3, -0.25) is 4.79 Å². The number of hydrogen-bond donors (Lipinski definition) is 1. The summed E-state index contributed by atoms with van der Waals surface area (Å²) in [7, 11) is -3.67. The van der Waals surface area contributed by atoms with Gasteiger partial charge in [-0.1, -0.05) is 40.2 Å². The molecule has 1 unspecified atom stereocenters. The molecule has 1 heterocycles. The number of carbonyl (C=O) groups excluding carboxylic acids is 1. The second-order valence-corrected chi connectivity index (χ2v) is 9.47. The van der Waals surface area contributed by atoms with Gasteiger partial charge in [-0.15, -0.1) is 0 Å². The van der Waals surface area contributed by atoms with Gasteiger partial charge in [0.15, 0.2) is 0 Å². The van der Waals surface area contributed by atoms with Gasteiger partial charge in [0.25, 0.3) is 5.91 Å². The van der Waals surface area contributed by atoms with Crippen LogP contribution in [-0.4, -0.2) is 44.9 Å². The summed E-state index contributed by atoms with van der Waals surface area (Å²) in [5.74, 6) is -0.318. The van der Waals surface area contributed by atoms with Gasteiger partial charge in [0.2, 0.25) is 10.0 Å². The van der Waals surface area contributed by atoms with Crippen LogP contribution in [0.1, 0.15) is 34.5 Å². The normalized spacial score (nSPS) is 16.5. The summed E-state index contributed by atoms with van der Waals surface area (Å²) < 4.78 is 33.6. The Labute approximate surface area is 174 Å². The smallest absolute Gasteiger partial charge is 0.251 e. The summed E-state index contributed by atoms with van der Waals surface area (Å²) in [4.78, 5) is 12.9. The molecule has 1 N–H and O–H groups in total. The van der Waals surface area contributed by atoms with Crippen molar-refractivity contribution in [3.05, 3.63) is 63.6 Å². The van der Waals surface area contributed by atoms with Crippen molar-refractivity contribution in [1.29, 1.82) is 0 Å². The van der Waals surface area contributed by atoms with Crippen LogP contribution in [0.3, 0.4) is 0 Å². The van der Waals surface area contributed by atoms with E-state index >= 15 is 0 Å². The van der Waals surface area contributed by atoms with Gasteiger partial charge in [-0.2, -0.15) is 4.31 Å². The minimum absolute atomic E-state index is 0.163. The fraction of sp³-hybridized carbons (Fsp3) is 0.350. The third kappa shape index (κ3) is 4.46. The fourth-order valence-corrected chi connectivity index (χ4v) is 5.42. The van der Waals surface area contributed by atoms with Crippen molar-refractivity contribution < 1.29 is 17.9 Å². The molecule has 0 radical (unpaired) electrons. The Hall–Kier alpha value is -1.74. The van der Waals surface area contributed by atoms with Gasteiger partial charge in [0, 0.05) is 23.1 Å². The highest BCUT2D eigenvalue weighted by atomic mass is 79.9. The number of rotatable bonds is 5. The predicted octanol–water partition coefficient (Wildman–Crippen LogP) is 3.27. The van der Waals surface area contributed by atoms with Crippen molar-refractivity contribution in [3.63, 3.8) is 0 Å². The molecule has 2 aromatic carbocycles. The Balaban J connectivity index is 1.84. The summed E-state index contributed by atoms with van der Waals surface area (Å²) in [6.45, 7) is 5.01. The van der Waals surface area contributed by atoms with Crippen molar-refractivity contribution >= 4 is 31.9 Å². The van der Waals surface area contributed by atoms with E-state index in [1.165, 1.54) is 10.4 Å². The second kappa shape index (κ2) is 8.73. The van der Waals surface area contributed by atoms with E-state index in [4.69, 9.17) is 4.74 Å². The van der Waals surface area contributed by atoms with E-state index in [2.05, 4.69) is 21.2 Å². The number of nitrogens with zero attached hydrogens (tertiary/aromatic N) is 1. The lowest BCUT2D eigenvalue weighted by Gasteiger charge is -2.27. The van der Waals surface area contributed by atoms with E-state index in [0.29, 0.717) is 37.4 Å². The maximum Gasteiger partial charge on any atom is 0.251 e. The molecule has 1 aliphatic heterocycles. The molecule has 8 heteroatoms. The molecule has 1 amide bonds. The number of sulfonamides is 1. The van der Waals surface area contributed by atoms with Gasteiger partial charge in [0.1, 0.15) is 0 Å². The van der Waals surface area contributed by atoms with E-state index in [-0.39, 0.29) is 16.8 Å². The summed E-state index contributed by atoms with van der Waals surface area (Å²) in [5.41, 5.74) is 1.88. The maximum atomic E-state index is 13.0. The number of halogens is 1. The van der Waals surface area contributed by atoms with E-state index in [9.17, 15) is 13.2 Å². The van der Waals surface area contributed by atoms with E-state index in [1.54, 1.807) is 19.1 Å². The third-order valence-corrected chi connectivity index (χ3v) is 7.52. The number of morpholine rings is 1. The maximum absolute atomic E-state index is 13.0. The van der Waals surface area contributed by atoms with Gasteiger partial charge >= 0.3 is 0 Å². The van der Waals surface area contributed by atoms with E-state index in [0.717, 1.165) is 10.0 Å². The number of aryl methyl sites for hydroxylation is 1. The molecular formula is C20H23BrN2O4S. The van der Waals surface area contributed by atoms with Gasteiger partial charge in [0.05, 0.1) is 24.2 Å². The minimum atomic E-state index is -3.67. The molecule has 0 aromatic heterocycles. The molecule has 0 spiro atoms. The Bertz CT molecular complexity index is 972. The lowest BCUT2D eigenvalue weighted by molar-refractivity contribution is 0.0730. The summed E-state index contributed by atoms with van der Waals surface area (Å²) in [5, 5.41) is 2.93. The molecule has 1 atom stereocenters. The van der Waals surface area contributed by atoms with Crippen LogP contribution >= 0.6 is 15.9 Å². The third-order valence-electron chi connectivity index (χ3n) is 4.76. The van der Waals surface area contributed by atoms with E-state index in [1.807, 2.05) is 31.2 Å². The topological polar surface area (TPSA) is 75.7 Å². The number of amides is 1. The monoisotopic (exact) mass is 466 g/mol. The molecule has 3 rings (SSSR count). The first-order valence-electron chi connectivity index (χ1n) is 9.04. The molecule has 0 bridgehead atoms. The minimum Gasteiger partial charge on any atom is -0.379 e. The first kappa shape index (κ1) is 21.0. The fourth-order valence-electron chi connectivity index (χ4n) is 3.13. The molecule has 1 aliphatic rings. The zero-order valence-electron chi connectivity index (χ0n) is 15.8. The molecule has 150 valence electrons. The summed E-state index contributed by atoms with van der Waals surface area (Å²) in [6.07, 6.45) is 0. The number of nitrogens with one attached hydrogen (secondary N) is 1. The Morgan fingerprint density at radius 1 is 1.18 bits per heavy atom. The molecule has 28 heavy (non-hydrogen) atoms. The Kier molecular flexibility index (Phi) is 6.54. The highest BCUT2D eigenvalue weighted by Gasteiger charge is 2.28. The SMILES string of the molecule is Cc1ccc(C(=O)NC(C)c2ccccc2Br)cc1S(=O)(=O)N1CCOCC1. The van der Waals surface area contributed by atoms with Gasteiger partial charge in [-0.25, -0.2) is 8.42 Å². The van der Waals surface area contributed by atoms with Crippen molar-refractivity contribution in [2.75, 3.05) is 26.3 Å². The van der Waals surface area contributed by atoms with Crippen molar-refractivity contribution in [2.45, 2.75) is 24.8 Å². The Morgan fingerprint density at radius 2 is 1.86 bits per heavy atom. The average molecular weight is 467 g/mol. The van der Waals surface area contributed by atoms with Crippen LogP contribution in [-0.2, 0) is 14.8 Å². The summed E-state index contributed by atoms with van der Waals surface area (Å²) >= 11 is 3.49. The molecule has 0 saturated carbocycles. The molecule has 6 nitrogen and oxygen atoms in total. The number of carbonyl (C=O) groups is 1. The second-order valence-electron chi connectivity index (χ2n) is 6.71. The molecule has 1 saturated heterocycles. The standard InChI is InChI=1S/C20H23BrN2O4S/c1-14-7-8-16(13-19(14)28(25,26)23-9-11-27-12-10-23)20(24)22-15(2)17-5-3-4-6-18(17)21/h3-8,13,15H,9-12H2,1-2H3,(H,22,24). The number of hydrogen-bond acceptors (Lipinski definition) is 4. The van der Waals surface area contributed by atoms with Crippen LogP contribution in [0.25, 0.3) is 0 Å². The number of benzene rings is 2. The van der Waals surface area contributed by atoms with Crippen LogP contribution in [0.15, 0.2) is 51.8 Å². The zero-order chi connectivity index (χ0) is 20.3. The largest absolute Gasteiger partial charge is 0.379 e. The highest BCUT2D eigenvalue weighted by Crippen LogP contribution is 2.25. The molecule has 0 aliphatic carbocycles. The zero-order valence-corrected chi connectivity index (χ0v) is 18.2. The van der Waals surface area contributed by atoms with Crippen molar-refractivity contribution in [3.8, 4) is 0 Å². The van der Waals surface area contributed by atoms with Crippen LogP contribution < -0.4 is 5.32 Å². The number of ether oxygens (including phenoxy) is 1. The Morgan fingerprint density at radius 3 is 2.54 bits per heavy atom. The van der Waals surface area contributed by atoms with Crippen LogP contribution in [0, 0.1) is 6.92 Å². The lowest BCUT2D eigenvalue weighted by Crippen LogP contribution is -2.41. The van der Waals surface area contributed by atoms with Crippen molar-refractivity contribution in [1.82, 2.24) is 9.62 Å². The predicted molar refractivity (Wildman–Crippen MR) is 111 cm³/mol. The average Bonchev–Trinajstić information content (AvgIpc) is 2.69. The van der Waals surface area contributed by atoms with Crippen LogP contribution in [0.4, 0.5) is 0 Å². The molecular weight excluding hydrogens is 444 g/mol. The highest BCUT2D eigenvalue weighted by molar-refractivity contribution is 9.10. The first-order valence-corrected chi connectivity index (χ1v) is 11.3. The van der Waals surface area contributed by atoms with Crippen LogP contribution in [0.2, 0.25) is 0 Å². The molecule has 2 aromatic rings. The first-order chi connectivity index (χ1) is 13.3. The van der Waals surface area contributed by atoms with E-state index < -0.39 is 10.0 Å². The summed E-state index contributed by atoms with van der Waals surface area (Å²) in [6, 6.07) is 12.2.